The summed E-state index contributed by atoms with van der Waals surface area (Å²) in [6, 6.07) is 0.400. The van der Waals surface area contributed by atoms with Gasteiger partial charge < -0.3 is 24.6 Å². The van der Waals surface area contributed by atoms with Crippen molar-refractivity contribution in [3.05, 3.63) is 35.5 Å². The molecule has 4 fully saturated rings. The summed E-state index contributed by atoms with van der Waals surface area (Å²) in [4.78, 5) is 2.41. The van der Waals surface area contributed by atoms with Crippen LogP contribution < -0.4 is 0 Å². The largest absolute Gasteiger partial charge is 0.383 e. The zero-order valence-corrected chi connectivity index (χ0v) is 12.4. The number of allylic oxidation sites excluding steroid dienone is 1. The topological polar surface area (TPSA) is 62.2 Å². The van der Waals surface area contributed by atoms with E-state index >= 15 is 0 Å². The van der Waals surface area contributed by atoms with Gasteiger partial charge in [0.05, 0.1) is 5.41 Å². The van der Waals surface area contributed by atoms with Gasteiger partial charge in [-0.3, -0.25) is 0 Å². The van der Waals surface area contributed by atoms with E-state index in [1.54, 1.807) is 6.08 Å². The van der Waals surface area contributed by atoms with E-state index in [0.29, 0.717) is 6.04 Å². The Bertz CT molecular complexity index is 689. The predicted molar refractivity (Wildman–Crippen MR) is 76.5 cm³/mol. The van der Waals surface area contributed by atoms with Crippen LogP contribution in [-0.4, -0.2) is 58.5 Å². The molecule has 7 rings (SSSR count). The van der Waals surface area contributed by atoms with Crippen LogP contribution in [0.5, 0.6) is 0 Å². The van der Waals surface area contributed by atoms with Crippen molar-refractivity contribution in [3.8, 4) is 0 Å². The molecule has 0 saturated carbocycles. The van der Waals surface area contributed by atoms with Gasteiger partial charge in [0.25, 0.3) is 0 Å². The summed E-state index contributed by atoms with van der Waals surface area (Å²) in [6.07, 6.45) is 8.08. The first-order chi connectivity index (χ1) is 10.6. The molecule has 0 aromatic heterocycles. The van der Waals surface area contributed by atoms with Crippen LogP contribution >= 0.6 is 0 Å². The van der Waals surface area contributed by atoms with E-state index in [-0.39, 0.29) is 11.3 Å². The van der Waals surface area contributed by atoms with Gasteiger partial charge in [-0.2, -0.15) is 0 Å². The Labute approximate surface area is 128 Å². The lowest BCUT2D eigenvalue weighted by molar-refractivity contribution is -0.510. The van der Waals surface area contributed by atoms with Crippen molar-refractivity contribution < 1.29 is 19.7 Å². The fourth-order valence-electron chi connectivity index (χ4n) is 6.12. The smallest absolute Gasteiger partial charge is 0.228 e. The molecule has 5 nitrogen and oxygen atoms in total. The van der Waals surface area contributed by atoms with Crippen LogP contribution in [0.4, 0.5) is 0 Å². The summed E-state index contributed by atoms with van der Waals surface area (Å²) in [7, 11) is 2.17. The average molecular weight is 301 g/mol. The molecule has 4 saturated heterocycles. The molecule has 5 atom stereocenters. The minimum absolute atomic E-state index is 0.275. The highest BCUT2D eigenvalue weighted by molar-refractivity contribution is 5.56. The number of ether oxygens (including phenoxy) is 2. The molecule has 0 aromatic rings. The third kappa shape index (κ3) is 0.918. The van der Waals surface area contributed by atoms with Crippen LogP contribution in [-0.2, 0) is 9.47 Å². The molecule has 22 heavy (non-hydrogen) atoms. The van der Waals surface area contributed by atoms with E-state index in [9.17, 15) is 10.2 Å². The quantitative estimate of drug-likeness (QED) is 0.631. The molecule has 0 radical (unpaired) electrons. The Morgan fingerprint density at radius 3 is 2.82 bits per heavy atom. The number of likely N-dealkylation sites (tertiary alicyclic amines) is 1. The second-order valence-electron chi connectivity index (χ2n) is 7.57. The number of hydrogen-bond donors (Lipinski definition) is 2. The fraction of sp³-hybridized carbons (Fsp3) is 0.647. The SMILES string of the molecule is CN1CC[C@]23C4=C5C=CC(O)C46OC2(O6)[C@@H](O)C=C[C@H]3[C@H]1C5. The van der Waals surface area contributed by atoms with Crippen molar-refractivity contribution in [1.82, 2.24) is 4.90 Å². The lowest BCUT2D eigenvalue weighted by Crippen LogP contribution is -2.71. The molecule has 1 unspecified atom stereocenters. The Kier molecular flexibility index (Phi) is 1.85. The molecule has 0 amide bonds. The van der Waals surface area contributed by atoms with E-state index in [2.05, 4.69) is 18.0 Å². The highest BCUT2D eigenvalue weighted by atomic mass is 16.9. The van der Waals surface area contributed by atoms with Gasteiger partial charge in [0, 0.05) is 17.5 Å². The molecule has 116 valence electrons. The molecule has 4 heterocycles. The summed E-state index contributed by atoms with van der Waals surface area (Å²) < 4.78 is 12.5. The molecule has 0 aromatic carbocycles. The first-order valence-corrected chi connectivity index (χ1v) is 8.12. The van der Waals surface area contributed by atoms with Crippen LogP contribution in [0.25, 0.3) is 0 Å². The maximum atomic E-state index is 10.6. The molecule has 3 aliphatic carbocycles. The minimum Gasteiger partial charge on any atom is -0.383 e. The fourth-order valence-corrected chi connectivity index (χ4v) is 6.12. The molecule has 4 bridgehead atoms. The second-order valence-corrected chi connectivity index (χ2v) is 7.57. The third-order valence-electron chi connectivity index (χ3n) is 6.94. The summed E-state index contributed by atoms with van der Waals surface area (Å²) in [5.74, 6) is -1.77. The van der Waals surface area contributed by atoms with Crippen LogP contribution in [0.1, 0.15) is 12.8 Å². The number of hydrogen-bond acceptors (Lipinski definition) is 5. The summed E-state index contributed by atoms with van der Waals surface area (Å²) in [5, 5.41) is 21.1. The summed E-state index contributed by atoms with van der Waals surface area (Å²) >= 11 is 0. The van der Waals surface area contributed by atoms with Crippen molar-refractivity contribution in [1.29, 1.82) is 0 Å². The van der Waals surface area contributed by atoms with E-state index in [1.165, 1.54) is 5.57 Å². The van der Waals surface area contributed by atoms with Crippen LogP contribution in [0, 0.1) is 11.3 Å². The van der Waals surface area contributed by atoms with Gasteiger partial charge in [0.15, 0.2) is 0 Å². The molecule has 3 spiro atoms. The van der Waals surface area contributed by atoms with Crippen LogP contribution in [0.15, 0.2) is 35.5 Å². The number of piperidine rings is 1. The van der Waals surface area contributed by atoms with Crippen LogP contribution in [0.3, 0.4) is 0 Å². The minimum atomic E-state index is -1.05. The highest BCUT2D eigenvalue weighted by Crippen LogP contribution is 2.78. The zero-order chi connectivity index (χ0) is 14.9. The standard InChI is InChI=1S/C17H19NO4/c1-18-7-6-15-10-3-5-13(20)17(15)21-16(22-17)12(19)4-2-9(14(15)16)8-11(10)18/h2-5,10-13,19-20H,6-8H2,1H3/t10-,11+,12?,13-,15-,16?,17?/m0/s1. The van der Waals surface area contributed by atoms with Gasteiger partial charge in [-0.1, -0.05) is 24.3 Å². The normalized spacial score (nSPS) is 60.3. The van der Waals surface area contributed by atoms with E-state index < -0.39 is 23.8 Å². The lowest BCUT2D eigenvalue weighted by Gasteiger charge is -2.59. The molecule has 4 aliphatic heterocycles. The lowest BCUT2D eigenvalue weighted by atomic mass is 9.52. The number of aliphatic hydroxyl groups excluding tert-OH is 2. The van der Waals surface area contributed by atoms with Gasteiger partial charge in [0.1, 0.15) is 12.2 Å². The van der Waals surface area contributed by atoms with Crippen molar-refractivity contribution in [3.63, 3.8) is 0 Å². The maximum Gasteiger partial charge on any atom is 0.228 e. The first-order valence-electron chi connectivity index (χ1n) is 8.12. The number of rotatable bonds is 0. The van der Waals surface area contributed by atoms with Crippen molar-refractivity contribution in [2.75, 3.05) is 13.6 Å². The summed E-state index contributed by atoms with van der Waals surface area (Å²) in [5.41, 5.74) is 2.03. The van der Waals surface area contributed by atoms with Crippen molar-refractivity contribution in [2.24, 2.45) is 11.3 Å². The zero-order valence-electron chi connectivity index (χ0n) is 12.4. The van der Waals surface area contributed by atoms with E-state index in [0.717, 1.165) is 25.0 Å². The highest BCUT2D eigenvalue weighted by Gasteiger charge is 2.88. The van der Waals surface area contributed by atoms with Gasteiger partial charge >= 0.3 is 0 Å². The Hall–Kier alpha value is -0.980. The predicted octanol–water partition coefficient (Wildman–Crippen LogP) is 0.308. The average Bonchev–Trinajstić information content (AvgIpc) is 2.89. The molecular formula is C17H19NO4. The Balaban J connectivity index is 1.70. The Morgan fingerprint density at radius 2 is 2.00 bits per heavy atom. The van der Waals surface area contributed by atoms with E-state index in [1.807, 2.05) is 12.2 Å². The second kappa shape index (κ2) is 3.28. The first kappa shape index (κ1) is 12.4. The molecular weight excluding hydrogens is 282 g/mol. The maximum absolute atomic E-state index is 10.6. The van der Waals surface area contributed by atoms with E-state index in [4.69, 9.17) is 9.47 Å². The molecule has 5 heteroatoms. The number of aliphatic hydroxyl groups is 2. The summed E-state index contributed by atoms with van der Waals surface area (Å²) in [6.45, 7) is 0.961. The van der Waals surface area contributed by atoms with Gasteiger partial charge in [-0.15, -0.1) is 0 Å². The van der Waals surface area contributed by atoms with Crippen molar-refractivity contribution >= 4 is 0 Å². The van der Waals surface area contributed by atoms with Crippen LogP contribution in [0.2, 0.25) is 0 Å². The molecule has 2 N–H and O–H groups in total. The monoisotopic (exact) mass is 301 g/mol. The Morgan fingerprint density at radius 1 is 1.18 bits per heavy atom. The van der Waals surface area contributed by atoms with Gasteiger partial charge in [0.2, 0.25) is 11.6 Å². The number of nitrogens with zero attached hydrogens (tertiary/aromatic N) is 1. The van der Waals surface area contributed by atoms with Crippen molar-refractivity contribution in [2.45, 2.75) is 42.7 Å². The van der Waals surface area contributed by atoms with Gasteiger partial charge in [-0.05, 0) is 32.0 Å². The van der Waals surface area contributed by atoms with Gasteiger partial charge in [-0.25, -0.2) is 0 Å². The molecule has 7 aliphatic rings. The third-order valence-corrected chi connectivity index (χ3v) is 6.94.